The Morgan fingerprint density at radius 2 is 1.96 bits per heavy atom. The van der Waals surface area contributed by atoms with E-state index in [4.69, 9.17) is 0 Å². The monoisotopic (exact) mass is 367 g/mol. The highest BCUT2D eigenvalue weighted by atomic mass is 16.6. The fourth-order valence-corrected chi connectivity index (χ4v) is 3.02. The molecule has 1 unspecified atom stereocenters. The van der Waals surface area contributed by atoms with E-state index in [9.17, 15) is 24.8 Å². The van der Waals surface area contributed by atoms with E-state index in [2.05, 4.69) is 10.3 Å². The first-order chi connectivity index (χ1) is 12.9. The van der Waals surface area contributed by atoms with Crippen molar-refractivity contribution in [3.05, 3.63) is 75.5 Å². The predicted molar refractivity (Wildman–Crippen MR) is 98.7 cm³/mol. The molecule has 3 rings (SSSR count). The molecule has 0 radical (unpaired) electrons. The molecule has 0 aliphatic carbocycles. The number of carboxylic acid groups (broad SMARTS) is 1. The summed E-state index contributed by atoms with van der Waals surface area (Å²) >= 11 is 0. The van der Waals surface area contributed by atoms with Gasteiger partial charge in [0.05, 0.1) is 4.92 Å². The maximum Gasteiger partial charge on any atom is 0.326 e. The van der Waals surface area contributed by atoms with Crippen LogP contribution in [0.15, 0.2) is 48.7 Å². The van der Waals surface area contributed by atoms with Crippen LogP contribution in [0.5, 0.6) is 0 Å². The van der Waals surface area contributed by atoms with E-state index in [1.54, 1.807) is 6.20 Å². The number of nitrogens with one attached hydrogen (secondary N) is 2. The number of hydrogen-bond acceptors (Lipinski definition) is 4. The first-order valence-electron chi connectivity index (χ1n) is 8.21. The van der Waals surface area contributed by atoms with Crippen LogP contribution < -0.4 is 5.32 Å². The van der Waals surface area contributed by atoms with Crippen molar-refractivity contribution in [1.82, 2.24) is 10.3 Å². The summed E-state index contributed by atoms with van der Waals surface area (Å²) in [6, 6.07) is 10.4. The Morgan fingerprint density at radius 3 is 2.67 bits per heavy atom. The minimum absolute atomic E-state index is 0.0781. The molecule has 0 spiro atoms. The number of carbonyl (C=O) groups is 2. The second-order valence-corrected chi connectivity index (χ2v) is 6.13. The van der Waals surface area contributed by atoms with Gasteiger partial charge in [-0.15, -0.1) is 0 Å². The number of nitro benzene ring substituents is 1. The Balaban J connectivity index is 1.85. The molecule has 1 aromatic heterocycles. The van der Waals surface area contributed by atoms with Crippen LogP contribution in [-0.2, 0) is 11.2 Å². The van der Waals surface area contributed by atoms with Gasteiger partial charge >= 0.3 is 5.97 Å². The number of carbonyl (C=O) groups excluding carboxylic acids is 1. The molecule has 8 nitrogen and oxygen atoms in total. The molecule has 2 aromatic carbocycles. The van der Waals surface area contributed by atoms with Crippen molar-refractivity contribution in [2.75, 3.05) is 0 Å². The first kappa shape index (κ1) is 18.1. The molecule has 0 bridgehead atoms. The molecule has 0 saturated heterocycles. The van der Waals surface area contributed by atoms with Gasteiger partial charge < -0.3 is 15.4 Å². The lowest BCUT2D eigenvalue weighted by Crippen LogP contribution is -2.42. The Bertz CT molecular complexity index is 1040. The minimum Gasteiger partial charge on any atom is -0.480 e. The van der Waals surface area contributed by atoms with E-state index in [0.29, 0.717) is 0 Å². The quantitative estimate of drug-likeness (QED) is 0.456. The van der Waals surface area contributed by atoms with Crippen LogP contribution in [0.4, 0.5) is 5.69 Å². The van der Waals surface area contributed by atoms with Gasteiger partial charge in [-0.3, -0.25) is 14.9 Å². The SMILES string of the molecule is Cc1c(C(=O)NC(Cc2c[nH]c3ccccc23)C(=O)O)cccc1[N+](=O)[O-]. The van der Waals surface area contributed by atoms with Gasteiger partial charge in [0, 0.05) is 40.7 Å². The Morgan fingerprint density at radius 1 is 1.22 bits per heavy atom. The number of fused-ring (bicyclic) bond motifs is 1. The maximum absolute atomic E-state index is 12.5. The minimum atomic E-state index is -1.18. The zero-order valence-corrected chi connectivity index (χ0v) is 14.4. The summed E-state index contributed by atoms with van der Waals surface area (Å²) in [6.07, 6.45) is 1.80. The van der Waals surface area contributed by atoms with Gasteiger partial charge in [-0.25, -0.2) is 4.79 Å². The van der Waals surface area contributed by atoms with Crippen LogP contribution >= 0.6 is 0 Å². The lowest BCUT2D eigenvalue weighted by Gasteiger charge is -2.15. The van der Waals surface area contributed by atoms with E-state index >= 15 is 0 Å². The van der Waals surface area contributed by atoms with Crippen molar-refractivity contribution >= 4 is 28.5 Å². The fourth-order valence-electron chi connectivity index (χ4n) is 3.02. The molecule has 1 heterocycles. The summed E-state index contributed by atoms with van der Waals surface area (Å²) in [5.41, 5.74) is 1.71. The first-order valence-corrected chi connectivity index (χ1v) is 8.21. The Hall–Kier alpha value is -3.68. The lowest BCUT2D eigenvalue weighted by atomic mass is 10.0. The summed E-state index contributed by atoms with van der Waals surface area (Å²) in [4.78, 5) is 37.7. The van der Waals surface area contributed by atoms with Gasteiger partial charge in [0.2, 0.25) is 0 Å². The normalized spacial score (nSPS) is 11.9. The molecule has 1 amide bonds. The van der Waals surface area contributed by atoms with Crippen LogP contribution in [0.2, 0.25) is 0 Å². The number of nitrogens with zero attached hydrogens (tertiary/aromatic N) is 1. The molecule has 0 saturated carbocycles. The number of H-pyrrole nitrogens is 1. The third-order valence-corrected chi connectivity index (χ3v) is 4.45. The summed E-state index contributed by atoms with van der Waals surface area (Å²) in [6.45, 7) is 1.46. The molecular formula is C19H17N3O5. The van der Waals surface area contributed by atoms with E-state index in [-0.39, 0.29) is 23.2 Å². The lowest BCUT2D eigenvalue weighted by molar-refractivity contribution is -0.385. The van der Waals surface area contributed by atoms with Crippen molar-refractivity contribution in [1.29, 1.82) is 0 Å². The zero-order chi connectivity index (χ0) is 19.6. The number of aromatic nitrogens is 1. The van der Waals surface area contributed by atoms with Crippen molar-refractivity contribution < 1.29 is 19.6 Å². The number of benzene rings is 2. The second-order valence-electron chi connectivity index (χ2n) is 6.13. The number of para-hydroxylation sites is 1. The molecule has 3 aromatic rings. The number of aliphatic carboxylic acids is 1. The number of amides is 1. The van der Waals surface area contributed by atoms with Crippen molar-refractivity contribution in [2.24, 2.45) is 0 Å². The Labute approximate surface area is 154 Å². The van der Waals surface area contributed by atoms with E-state index < -0.39 is 22.8 Å². The van der Waals surface area contributed by atoms with E-state index in [0.717, 1.165) is 16.5 Å². The van der Waals surface area contributed by atoms with E-state index in [1.165, 1.54) is 25.1 Å². The van der Waals surface area contributed by atoms with Gasteiger partial charge in [0.1, 0.15) is 6.04 Å². The average Bonchev–Trinajstić information content (AvgIpc) is 3.04. The number of nitro groups is 1. The predicted octanol–water partition coefficient (Wildman–Crippen LogP) is 2.81. The van der Waals surface area contributed by atoms with E-state index in [1.807, 2.05) is 24.3 Å². The second kappa shape index (κ2) is 7.28. The molecule has 138 valence electrons. The highest BCUT2D eigenvalue weighted by Gasteiger charge is 2.25. The largest absolute Gasteiger partial charge is 0.480 e. The molecular weight excluding hydrogens is 350 g/mol. The highest BCUT2D eigenvalue weighted by molar-refractivity contribution is 5.98. The van der Waals surface area contributed by atoms with Gasteiger partial charge in [0.25, 0.3) is 11.6 Å². The maximum atomic E-state index is 12.5. The van der Waals surface area contributed by atoms with Crippen LogP contribution in [-0.4, -0.2) is 32.9 Å². The van der Waals surface area contributed by atoms with Gasteiger partial charge in [-0.2, -0.15) is 0 Å². The van der Waals surface area contributed by atoms with Crippen LogP contribution in [0.1, 0.15) is 21.5 Å². The third kappa shape index (κ3) is 3.64. The Kier molecular flexibility index (Phi) is 4.89. The van der Waals surface area contributed by atoms with Crippen molar-refractivity contribution in [2.45, 2.75) is 19.4 Å². The summed E-state index contributed by atoms with van der Waals surface area (Å²) in [5.74, 6) is -1.85. The average molecular weight is 367 g/mol. The molecule has 0 fully saturated rings. The smallest absolute Gasteiger partial charge is 0.326 e. The number of aromatic amines is 1. The number of rotatable bonds is 6. The van der Waals surface area contributed by atoms with Crippen molar-refractivity contribution in [3.63, 3.8) is 0 Å². The van der Waals surface area contributed by atoms with Crippen LogP contribution in [0, 0.1) is 17.0 Å². The van der Waals surface area contributed by atoms with Crippen LogP contribution in [0.3, 0.4) is 0 Å². The number of hydrogen-bond donors (Lipinski definition) is 3. The molecule has 8 heteroatoms. The van der Waals surface area contributed by atoms with Crippen LogP contribution in [0.25, 0.3) is 10.9 Å². The topological polar surface area (TPSA) is 125 Å². The number of carboxylic acids is 1. The third-order valence-electron chi connectivity index (χ3n) is 4.45. The fraction of sp³-hybridized carbons (Fsp3) is 0.158. The van der Waals surface area contributed by atoms with Gasteiger partial charge in [0.15, 0.2) is 0 Å². The summed E-state index contributed by atoms with van der Waals surface area (Å²) in [5, 5.41) is 23.9. The molecule has 3 N–H and O–H groups in total. The molecule has 0 aliphatic heterocycles. The molecule has 1 atom stereocenters. The highest BCUT2D eigenvalue weighted by Crippen LogP contribution is 2.22. The van der Waals surface area contributed by atoms with Gasteiger partial charge in [-0.1, -0.05) is 24.3 Å². The summed E-state index contributed by atoms with van der Waals surface area (Å²) in [7, 11) is 0. The standard InChI is InChI=1S/C19H17N3O5/c1-11-13(6-4-8-17(11)22(26)27)18(23)21-16(19(24)25)9-12-10-20-15-7-3-2-5-14(12)15/h2-8,10,16,20H,9H2,1H3,(H,21,23)(H,24,25). The van der Waals surface area contributed by atoms with Crippen molar-refractivity contribution in [3.8, 4) is 0 Å². The van der Waals surface area contributed by atoms with Gasteiger partial charge in [-0.05, 0) is 24.6 Å². The summed E-state index contributed by atoms with van der Waals surface area (Å²) < 4.78 is 0. The molecule has 0 aliphatic rings. The zero-order valence-electron chi connectivity index (χ0n) is 14.4. The molecule has 27 heavy (non-hydrogen) atoms.